The Bertz CT molecular complexity index is 1760. The van der Waals surface area contributed by atoms with Crippen LogP contribution in [0.5, 0.6) is 5.75 Å². The van der Waals surface area contributed by atoms with Gasteiger partial charge in [-0.2, -0.15) is 5.10 Å². The number of hydrogen-bond donors (Lipinski definition) is 2. The molecule has 1 heterocycles. The number of fused-ring (bicyclic) bond motifs is 2. The third kappa shape index (κ3) is 6.14. The lowest BCUT2D eigenvalue weighted by Crippen LogP contribution is -2.25. The Morgan fingerprint density at radius 1 is 0.850 bits per heavy atom. The van der Waals surface area contributed by atoms with Crippen molar-refractivity contribution in [1.82, 2.24) is 9.99 Å². The number of amides is 2. The summed E-state index contributed by atoms with van der Waals surface area (Å²) in [7, 11) is 0. The first-order valence-corrected chi connectivity index (χ1v) is 12.9. The number of benzene rings is 4. The first-order chi connectivity index (χ1) is 19.4. The van der Waals surface area contributed by atoms with Crippen molar-refractivity contribution in [3.05, 3.63) is 117 Å². The maximum atomic E-state index is 12.9. The van der Waals surface area contributed by atoms with Crippen LogP contribution in [0.25, 0.3) is 21.8 Å². The normalized spacial score (nSPS) is 11.2. The summed E-state index contributed by atoms with van der Waals surface area (Å²) in [6.07, 6.45) is 1.50. The lowest BCUT2D eigenvalue weighted by atomic mass is 10.1. The highest BCUT2D eigenvalue weighted by Gasteiger charge is 2.12. The van der Waals surface area contributed by atoms with Crippen molar-refractivity contribution >= 4 is 68.7 Å². The highest BCUT2D eigenvalue weighted by Crippen LogP contribution is 2.25. The highest BCUT2D eigenvalue weighted by molar-refractivity contribution is 6.35. The standard InChI is InChI=1S/C30H22Cl2N4O4/c31-20-11-14-24(32)25(15-20)34-29(38)18-40-21-12-9-19(10-13-21)16-33-35-28(37)17-36-26-7-3-1-5-22(26)30(39)23-6-2-4-8-27(23)36/h1-16H,17-18H2,(H,34,38)(H,35,37)/b33-16-. The van der Waals surface area contributed by atoms with Crippen LogP contribution in [0, 0.1) is 0 Å². The second-order valence-corrected chi connectivity index (χ2v) is 9.62. The number of nitrogens with one attached hydrogen (secondary N) is 2. The molecule has 0 aliphatic heterocycles. The molecule has 0 aliphatic carbocycles. The zero-order valence-corrected chi connectivity index (χ0v) is 22.4. The summed E-state index contributed by atoms with van der Waals surface area (Å²) in [5.74, 6) is -0.257. The molecular weight excluding hydrogens is 551 g/mol. The topological polar surface area (TPSA) is 102 Å². The fourth-order valence-corrected chi connectivity index (χ4v) is 4.52. The summed E-state index contributed by atoms with van der Waals surface area (Å²) in [5.41, 5.74) is 4.92. The lowest BCUT2D eigenvalue weighted by Gasteiger charge is -2.14. The predicted molar refractivity (Wildman–Crippen MR) is 158 cm³/mol. The number of para-hydroxylation sites is 2. The summed E-state index contributed by atoms with van der Waals surface area (Å²) in [4.78, 5) is 37.8. The van der Waals surface area contributed by atoms with Gasteiger partial charge in [-0.3, -0.25) is 14.4 Å². The Morgan fingerprint density at radius 3 is 2.17 bits per heavy atom. The molecule has 4 aromatic carbocycles. The number of halogens is 2. The van der Waals surface area contributed by atoms with Gasteiger partial charge in [0.2, 0.25) is 0 Å². The van der Waals surface area contributed by atoms with Crippen molar-refractivity contribution in [2.45, 2.75) is 6.54 Å². The minimum Gasteiger partial charge on any atom is -0.484 e. The highest BCUT2D eigenvalue weighted by atomic mass is 35.5. The van der Waals surface area contributed by atoms with Gasteiger partial charge in [-0.05, 0) is 72.3 Å². The summed E-state index contributed by atoms with van der Waals surface area (Å²) < 4.78 is 7.33. The van der Waals surface area contributed by atoms with Gasteiger partial charge in [0.05, 0.1) is 28.0 Å². The van der Waals surface area contributed by atoms with Gasteiger partial charge in [0.1, 0.15) is 12.3 Å². The second kappa shape index (κ2) is 12.0. The van der Waals surface area contributed by atoms with Crippen LogP contribution in [-0.2, 0) is 16.1 Å². The van der Waals surface area contributed by atoms with E-state index in [9.17, 15) is 14.4 Å². The molecule has 0 spiro atoms. The molecule has 200 valence electrons. The third-order valence-corrected chi connectivity index (χ3v) is 6.60. The van der Waals surface area contributed by atoms with Gasteiger partial charge in [-0.25, -0.2) is 5.43 Å². The smallest absolute Gasteiger partial charge is 0.262 e. The van der Waals surface area contributed by atoms with E-state index < -0.39 is 0 Å². The van der Waals surface area contributed by atoms with Gasteiger partial charge in [0.15, 0.2) is 12.0 Å². The van der Waals surface area contributed by atoms with Crippen molar-refractivity contribution in [2.75, 3.05) is 11.9 Å². The van der Waals surface area contributed by atoms with Gasteiger partial charge in [0.25, 0.3) is 11.8 Å². The Balaban J connectivity index is 1.18. The van der Waals surface area contributed by atoms with E-state index in [1.807, 2.05) is 24.3 Å². The number of pyridine rings is 1. The number of anilines is 1. The Hall–Kier alpha value is -4.66. The van der Waals surface area contributed by atoms with Crippen molar-refractivity contribution in [2.24, 2.45) is 5.10 Å². The van der Waals surface area contributed by atoms with E-state index in [1.165, 1.54) is 6.21 Å². The molecule has 0 atom stereocenters. The number of hydrazone groups is 1. The summed E-state index contributed by atoms with van der Waals surface area (Å²) >= 11 is 12.0. The van der Waals surface area contributed by atoms with E-state index in [-0.39, 0.29) is 30.4 Å². The van der Waals surface area contributed by atoms with Crippen LogP contribution in [-0.4, -0.2) is 29.2 Å². The molecule has 10 heteroatoms. The van der Waals surface area contributed by atoms with Gasteiger partial charge in [-0.15, -0.1) is 0 Å². The molecule has 1 aromatic heterocycles. The minimum atomic E-state index is -0.388. The molecule has 0 saturated heterocycles. The van der Waals surface area contributed by atoms with Gasteiger partial charge >= 0.3 is 0 Å². The minimum absolute atomic E-state index is 0.0200. The van der Waals surface area contributed by atoms with Crippen molar-refractivity contribution in [3.63, 3.8) is 0 Å². The fraction of sp³-hybridized carbons (Fsp3) is 0.0667. The summed E-state index contributed by atoms with van der Waals surface area (Å²) in [6.45, 7) is -0.241. The van der Waals surface area contributed by atoms with Crippen LogP contribution in [0.15, 0.2) is 101 Å². The molecule has 0 unspecified atom stereocenters. The molecule has 0 saturated carbocycles. The van der Waals surface area contributed by atoms with Crippen LogP contribution in [0.4, 0.5) is 5.69 Å². The molecule has 0 radical (unpaired) electrons. The van der Waals surface area contributed by atoms with Crippen LogP contribution in [0.3, 0.4) is 0 Å². The molecule has 40 heavy (non-hydrogen) atoms. The van der Waals surface area contributed by atoms with Gasteiger partial charge in [-0.1, -0.05) is 47.5 Å². The van der Waals surface area contributed by atoms with Crippen LogP contribution < -0.4 is 20.9 Å². The number of nitrogens with zero attached hydrogens (tertiary/aromatic N) is 2. The SMILES string of the molecule is O=C(Cn1c2ccccc2c(=O)c2ccccc21)N/N=C\c1ccc(OCC(=O)Nc2cc(Cl)ccc2Cl)cc1. The molecule has 8 nitrogen and oxygen atoms in total. The molecule has 0 fully saturated rings. The first kappa shape index (κ1) is 26.9. The van der Waals surface area contributed by atoms with Crippen molar-refractivity contribution < 1.29 is 14.3 Å². The zero-order chi connectivity index (χ0) is 28.1. The average molecular weight is 573 g/mol. The maximum absolute atomic E-state index is 12.9. The molecule has 5 aromatic rings. The van der Waals surface area contributed by atoms with Crippen LogP contribution in [0.1, 0.15) is 5.56 Å². The zero-order valence-electron chi connectivity index (χ0n) is 20.9. The maximum Gasteiger partial charge on any atom is 0.262 e. The van der Waals surface area contributed by atoms with Crippen LogP contribution >= 0.6 is 23.2 Å². The number of carbonyl (C=O) groups is 2. The Labute approximate surface area is 238 Å². The van der Waals surface area contributed by atoms with Gasteiger partial charge < -0.3 is 14.6 Å². The molecule has 0 aliphatic rings. The van der Waals surface area contributed by atoms with E-state index in [2.05, 4.69) is 15.8 Å². The summed E-state index contributed by atoms with van der Waals surface area (Å²) in [6, 6.07) is 26.0. The predicted octanol–water partition coefficient (Wildman–Crippen LogP) is 5.63. The van der Waals surface area contributed by atoms with E-state index in [0.29, 0.717) is 48.9 Å². The number of carbonyl (C=O) groups excluding carboxylic acids is 2. The van der Waals surface area contributed by atoms with E-state index in [4.69, 9.17) is 27.9 Å². The van der Waals surface area contributed by atoms with Crippen LogP contribution in [0.2, 0.25) is 10.0 Å². The van der Waals surface area contributed by atoms with E-state index in [1.54, 1.807) is 71.3 Å². The second-order valence-electron chi connectivity index (χ2n) is 8.77. The molecule has 5 rings (SSSR count). The number of rotatable bonds is 8. The monoisotopic (exact) mass is 572 g/mol. The molecular formula is C30H22Cl2N4O4. The third-order valence-electron chi connectivity index (χ3n) is 6.04. The Morgan fingerprint density at radius 2 is 1.50 bits per heavy atom. The molecule has 2 amide bonds. The quantitative estimate of drug-likeness (QED) is 0.143. The molecule has 0 bridgehead atoms. The number of hydrogen-bond acceptors (Lipinski definition) is 5. The first-order valence-electron chi connectivity index (χ1n) is 12.2. The average Bonchev–Trinajstić information content (AvgIpc) is 2.97. The molecule has 2 N–H and O–H groups in total. The van der Waals surface area contributed by atoms with Crippen molar-refractivity contribution in [1.29, 1.82) is 0 Å². The van der Waals surface area contributed by atoms with Crippen molar-refractivity contribution in [3.8, 4) is 5.75 Å². The summed E-state index contributed by atoms with van der Waals surface area (Å²) in [5, 5.41) is 8.62. The van der Waals surface area contributed by atoms with E-state index in [0.717, 1.165) is 0 Å². The number of aromatic nitrogens is 1. The number of ether oxygens (including phenoxy) is 1. The van der Waals surface area contributed by atoms with E-state index >= 15 is 0 Å². The Kier molecular flexibility index (Phi) is 8.10. The fourth-order valence-electron chi connectivity index (χ4n) is 4.18. The van der Waals surface area contributed by atoms with Gasteiger partial charge in [0, 0.05) is 15.8 Å². The largest absolute Gasteiger partial charge is 0.484 e. The lowest BCUT2D eigenvalue weighted by molar-refractivity contribution is -0.121.